The van der Waals surface area contributed by atoms with E-state index in [1.165, 1.54) is 0 Å². The summed E-state index contributed by atoms with van der Waals surface area (Å²) >= 11 is 8.50. The summed E-state index contributed by atoms with van der Waals surface area (Å²) in [6.07, 6.45) is 1.84. The first-order valence-electron chi connectivity index (χ1n) is 3.53. The van der Waals surface area contributed by atoms with Crippen molar-refractivity contribution < 1.29 is 18.3 Å². The molecule has 0 radical (unpaired) electrons. The van der Waals surface area contributed by atoms with Gasteiger partial charge in [0.2, 0.25) is 16.5 Å². The largest absolute Gasteiger partial charge is 0.478 e. The van der Waals surface area contributed by atoms with Crippen molar-refractivity contribution in [2.24, 2.45) is 0 Å². The molecule has 0 aliphatic heterocycles. The molecule has 0 spiro atoms. The first-order chi connectivity index (χ1) is 7.16. The van der Waals surface area contributed by atoms with Crippen molar-refractivity contribution in [3.63, 3.8) is 0 Å². The van der Waals surface area contributed by atoms with Crippen LogP contribution in [0.5, 0.6) is 0 Å². The van der Waals surface area contributed by atoms with E-state index in [-0.39, 0.29) is 5.56 Å². The molecule has 0 aliphatic rings. The van der Waals surface area contributed by atoms with Gasteiger partial charge in [0.15, 0.2) is 0 Å². The second kappa shape index (κ2) is 4.67. The summed E-state index contributed by atoms with van der Waals surface area (Å²) in [4.78, 5) is 17.4. The molecule has 1 heterocycles. The average Bonchev–Trinajstić information content (AvgIpc) is 2.16. The predicted octanol–water partition coefficient (Wildman–Crippen LogP) is 1.74. The van der Waals surface area contributed by atoms with Crippen molar-refractivity contribution in [1.82, 2.24) is 9.97 Å². The molecule has 0 amide bonds. The Hall–Kier alpha value is -0.0600. The van der Waals surface area contributed by atoms with Crippen molar-refractivity contribution in [2.45, 2.75) is 6.63 Å². The van der Waals surface area contributed by atoms with Crippen LogP contribution in [0.25, 0.3) is 0 Å². The molecule has 0 bridgehead atoms. The van der Waals surface area contributed by atoms with Crippen LogP contribution < -0.4 is 0 Å². The molecule has 0 atom stereocenters. The van der Waals surface area contributed by atoms with Crippen LogP contribution in [-0.2, 0) is 9.84 Å². The van der Waals surface area contributed by atoms with Crippen LogP contribution in [0, 0.1) is 0 Å². The summed E-state index contributed by atoms with van der Waals surface area (Å²) in [5.74, 6) is -1.23. The zero-order chi connectivity index (χ0) is 12.6. The van der Waals surface area contributed by atoms with E-state index in [9.17, 15) is 13.2 Å². The van der Waals surface area contributed by atoms with Crippen molar-refractivity contribution in [2.75, 3.05) is 0 Å². The molecule has 0 fully saturated rings. The molecule has 0 saturated carbocycles. The minimum absolute atomic E-state index is 0.191. The number of aromatic nitrogens is 2. The van der Waals surface area contributed by atoms with Crippen molar-refractivity contribution in [3.8, 4) is 0 Å². The lowest BCUT2D eigenvalue weighted by molar-refractivity contribution is 0.0695. The van der Waals surface area contributed by atoms with Crippen LogP contribution >= 0.6 is 47.8 Å². The molecule has 88 valence electrons. The molecular formula is C6H3Br3N2O4S. The molecule has 1 rings (SSSR count). The average molecular weight is 439 g/mol. The number of aromatic carboxylic acids is 1. The first kappa shape index (κ1) is 14.0. The van der Waals surface area contributed by atoms with Crippen LogP contribution in [0.3, 0.4) is 0 Å². The predicted molar refractivity (Wildman–Crippen MR) is 65.7 cm³/mol. The minimum Gasteiger partial charge on any atom is -0.478 e. The van der Waals surface area contributed by atoms with E-state index >= 15 is 0 Å². The Bertz CT molecular complexity index is 508. The lowest BCUT2D eigenvalue weighted by Gasteiger charge is -2.11. The third-order valence-corrected chi connectivity index (χ3v) is 6.56. The molecule has 6 nitrogen and oxygen atoms in total. The molecule has 0 aliphatic carbocycles. The van der Waals surface area contributed by atoms with Crippen LogP contribution in [-0.4, -0.2) is 30.9 Å². The maximum atomic E-state index is 11.7. The number of sulfone groups is 1. The third kappa shape index (κ3) is 2.79. The maximum Gasteiger partial charge on any atom is 0.338 e. The summed E-state index contributed by atoms with van der Waals surface area (Å²) in [6, 6.07) is 0. The van der Waals surface area contributed by atoms with Gasteiger partial charge in [0.05, 0.1) is 5.56 Å². The summed E-state index contributed by atoms with van der Waals surface area (Å²) in [7, 11) is -3.88. The SMILES string of the molecule is O=C(O)c1cnc(S(=O)(=O)C(Br)(Br)Br)nc1. The van der Waals surface area contributed by atoms with E-state index in [1.54, 1.807) is 0 Å². The standard InChI is InChI=1S/C6H3Br3N2O4S/c7-6(8,9)16(14,15)5-10-1-3(2-11-5)4(12)13/h1-2H,(H,12,13). The van der Waals surface area contributed by atoms with Gasteiger partial charge in [-0.25, -0.2) is 23.2 Å². The highest BCUT2D eigenvalue weighted by molar-refractivity contribution is 9.42. The highest BCUT2D eigenvalue weighted by Crippen LogP contribution is 2.41. The molecule has 10 heteroatoms. The Morgan fingerprint density at radius 3 is 2.00 bits per heavy atom. The summed E-state index contributed by atoms with van der Waals surface area (Å²) in [5, 5.41) is 8.08. The number of carboxylic acid groups (broad SMARTS) is 1. The van der Waals surface area contributed by atoms with Gasteiger partial charge in [0.25, 0.3) is 0 Å². The second-order valence-electron chi connectivity index (χ2n) is 2.51. The van der Waals surface area contributed by atoms with Gasteiger partial charge < -0.3 is 5.11 Å². The molecule has 0 aromatic carbocycles. The number of hydrogen-bond acceptors (Lipinski definition) is 5. The van der Waals surface area contributed by atoms with Crippen molar-refractivity contribution in [1.29, 1.82) is 0 Å². The number of carboxylic acids is 1. The lowest BCUT2D eigenvalue weighted by Crippen LogP contribution is -2.20. The van der Waals surface area contributed by atoms with Gasteiger partial charge in [0, 0.05) is 12.4 Å². The van der Waals surface area contributed by atoms with E-state index in [0.717, 1.165) is 12.4 Å². The van der Waals surface area contributed by atoms with Gasteiger partial charge in [-0.3, -0.25) is 0 Å². The normalized spacial score (nSPS) is 12.4. The van der Waals surface area contributed by atoms with Gasteiger partial charge in [-0.15, -0.1) is 0 Å². The highest BCUT2D eigenvalue weighted by atomic mass is 80.0. The number of alkyl halides is 3. The number of hydrogen-bond donors (Lipinski definition) is 1. The Balaban J connectivity index is 3.23. The molecule has 0 saturated heterocycles. The fourth-order valence-corrected chi connectivity index (χ4v) is 2.56. The number of nitrogens with zero attached hydrogens (tertiary/aromatic N) is 2. The Kier molecular flexibility index (Phi) is 4.08. The minimum atomic E-state index is -3.88. The smallest absolute Gasteiger partial charge is 0.338 e. The third-order valence-electron chi connectivity index (χ3n) is 1.42. The Labute approximate surface area is 116 Å². The molecule has 16 heavy (non-hydrogen) atoms. The van der Waals surface area contributed by atoms with Gasteiger partial charge in [0.1, 0.15) is 0 Å². The van der Waals surface area contributed by atoms with Crippen LogP contribution in [0.15, 0.2) is 17.6 Å². The van der Waals surface area contributed by atoms with E-state index < -0.39 is 22.4 Å². The van der Waals surface area contributed by atoms with E-state index in [1.807, 2.05) is 0 Å². The van der Waals surface area contributed by atoms with Gasteiger partial charge in [-0.2, -0.15) is 0 Å². The zero-order valence-corrected chi connectivity index (χ0v) is 12.8. The van der Waals surface area contributed by atoms with Crippen molar-refractivity contribution in [3.05, 3.63) is 18.0 Å². The molecule has 1 aromatic rings. The molecule has 1 aromatic heterocycles. The van der Waals surface area contributed by atoms with Gasteiger partial charge in [-0.1, -0.05) is 0 Å². The summed E-state index contributed by atoms with van der Waals surface area (Å²) < 4.78 is 21.9. The molecule has 1 N–H and O–H groups in total. The number of rotatable bonds is 2. The van der Waals surface area contributed by atoms with E-state index in [4.69, 9.17) is 5.11 Å². The number of halogens is 3. The fourth-order valence-electron chi connectivity index (χ4n) is 0.669. The Morgan fingerprint density at radius 2 is 1.69 bits per heavy atom. The summed E-state index contributed by atoms with van der Waals surface area (Å²) in [5.41, 5.74) is -0.191. The second-order valence-corrected chi connectivity index (χ2v) is 12.8. The molecular weight excluding hydrogens is 436 g/mol. The van der Waals surface area contributed by atoms with Crippen LogP contribution in [0.1, 0.15) is 10.4 Å². The van der Waals surface area contributed by atoms with Gasteiger partial charge >= 0.3 is 5.97 Å². The van der Waals surface area contributed by atoms with E-state index in [0.29, 0.717) is 0 Å². The van der Waals surface area contributed by atoms with Gasteiger partial charge in [-0.05, 0) is 47.8 Å². The quantitative estimate of drug-likeness (QED) is 0.558. The fraction of sp³-hybridized carbons (Fsp3) is 0.167. The topological polar surface area (TPSA) is 97.2 Å². The van der Waals surface area contributed by atoms with Crippen molar-refractivity contribution >= 4 is 63.6 Å². The Morgan fingerprint density at radius 1 is 1.25 bits per heavy atom. The number of carbonyl (C=O) groups is 1. The first-order valence-corrected chi connectivity index (χ1v) is 7.39. The summed E-state index contributed by atoms with van der Waals surface area (Å²) in [6.45, 7) is 0. The van der Waals surface area contributed by atoms with E-state index in [2.05, 4.69) is 57.8 Å². The van der Waals surface area contributed by atoms with Crippen LogP contribution in [0.4, 0.5) is 0 Å². The monoisotopic (exact) mass is 436 g/mol. The maximum absolute atomic E-state index is 11.7. The molecule has 0 unspecified atom stereocenters. The van der Waals surface area contributed by atoms with Crippen LogP contribution in [0.2, 0.25) is 0 Å². The highest BCUT2D eigenvalue weighted by Gasteiger charge is 2.39. The lowest BCUT2D eigenvalue weighted by atomic mass is 10.4. The zero-order valence-electron chi connectivity index (χ0n) is 7.26.